The van der Waals surface area contributed by atoms with Crippen molar-refractivity contribution in [2.24, 2.45) is 0 Å². The molecule has 0 heterocycles. The van der Waals surface area contributed by atoms with Crippen molar-refractivity contribution >= 4 is 11.9 Å². The predicted octanol–water partition coefficient (Wildman–Crippen LogP) is -0.0500. The Balaban J connectivity index is 5.05. The molecule has 0 bridgehead atoms. The third kappa shape index (κ3) is 5.60. The Kier molecular flexibility index (Phi) is 8.51. The van der Waals surface area contributed by atoms with Crippen molar-refractivity contribution in [3.05, 3.63) is 23.3 Å². The molecule has 6 nitrogen and oxygen atoms in total. The average molecular weight is 258 g/mol. The molecule has 0 atom stereocenters. The van der Waals surface area contributed by atoms with Crippen molar-refractivity contribution in [2.75, 3.05) is 27.4 Å². The van der Waals surface area contributed by atoms with Gasteiger partial charge in [-0.25, -0.2) is 9.59 Å². The molecule has 2 N–H and O–H groups in total. The van der Waals surface area contributed by atoms with Gasteiger partial charge in [0, 0.05) is 37.2 Å². The van der Waals surface area contributed by atoms with Gasteiger partial charge in [0.2, 0.25) is 0 Å². The monoisotopic (exact) mass is 258 g/mol. The summed E-state index contributed by atoms with van der Waals surface area (Å²) in [5.74, 6) is -1.15. The molecule has 0 saturated heterocycles. The van der Waals surface area contributed by atoms with Crippen LogP contribution in [0.1, 0.15) is 12.8 Å². The standard InChI is InChI=1S/C12H18O6/c1-17-11(15)9(5-7-13)3-4-10(6-8-14)12(16)18-2/h3-4,13-14H,5-8H2,1-2H3. The van der Waals surface area contributed by atoms with Crippen LogP contribution in [-0.4, -0.2) is 49.6 Å². The van der Waals surface area contributed by atoms with E-state index in [4.69, 9.17) is 10.2 Å². The van der Waals surface area contributed by atoms with E-state index in [0.717, 1.165) is 0 Å². The van der Waals surface area contributed by atoms with Crippen molar-refractivity contribution in [3.63, 3.8) is 0 Å². The number of carbonyl (C=O) groups is 2. The smallest absolute Gasteiger partial charge is 0.333 e. The van der Waals surface area contributed by atoms with Crippen molar-refractivity contribution in [1.29, 1.82) is 0 Å². The zero-order valence-corrected chi connectivity index (χ0v) is 10.5. The van der Waals surface area contributed by atoms with Crippen molar-refractivity contribution < 1.29 is 29.3 Å². The Morgan fingerprint density at radius 3 is 1.44 bits per heavy atom. The van der Waals surface area contributed by atoms with Crippen LogP contribution >= 0.6 is 0 Å². The summed E-state index contributed by atoms with van der Waals surface area (Å²) in [6, 6.07) is 0. The van der Waals surface area contributed by atoms with E-state index in [1.165, 1.54) is 26.4 Å². The van der Waals surface area contributed by atoms with Crippen LogP contribution in [-0.2, 0) is 19.1 Å². The number of aliphatic hydroxyl groups excluding tert-OH is 2. The van der Waals surface area contributed by atoms with E-state index >= 15 is 0 Å². The summed E-state index contributed by atoms with van der Waals surface area (Å²) in [5.41, 5.74) is 0.471. The second kappa shape index (κ2) is 9.38. The van der Waals surface area contributed by atoms with Gasteiger partial charge >= 0.3 is 11.9 Å². The largest absolute Gasteiger partial charge is 0.466 e. The molecular formula is C12H18O6. The molecular weight excluding hydrogens is 240 g/mol. The van der Waals surface area contributed by atoms with Crippen LogP contribution in [0.15, 0.2) is 23.3 Å². The van der Waals surface area contributed by atoms with E-state index < -0.39 is 11.9 Å². The van der Waals surface area contributed by atoms with Gasteiger partial charge in [-0.1, -0.05) is 12.2 Å². The summed E-state index contributed by atoms with van der Waals surface area (Å²) < 4.78 is 9.06. The quantitative estimate of drug-likeness (QED) is 0.378. The van der Waals surface area contributed by atoms with Gasteiger partial charge in [-0.3, -0.25) is 0 Å². The first kappa shape index (κ1) is 16.3. The SMILES string of the molecule is COC(=O)C(=CC=C(CCO)C(=O)OC)CCO. The molecule has 0 radical (unpaired) electrons. The summed E-state index contributed by atoms with van der Waals surface area (Å²) >= 11 is 0. The fourth-order valence-electron chi connectivity index (χ4n) is 1.21. The first-order valence-corrected chi connectivity index (χ1v) is 5.38. The number of ether oxygens (including phenoxy) is 2. The van der Waals surface area contributed by atoms with Crippen LogP contribution in [0.3, 0.4) is 0 Å². The van der Waals surface area contributed by atoms with Gasteiger partial charge in [-0.2, -0.15) is 0 Å². The van der Waals surface area contributed by atoms with Crippen molar-refractivity contribution in [2.45, 2.75) is 12.8 Å². The Morgan fingerprint density at radius 1 is 0.889 bits per heavy atom. The van der Waals surface area contributed by atoms with Gasteiger partial charge < -0.3 is 19.7 Å². The molecule has 0 aliphatic heterocycles. The minimum absolute atomic E-state index is 0.122. The second-order valence-electron chi connectivity index (χ2n) is 3.31. The maximum atomic E-state index is 11.3. The Labute approximate surface area is 106 Å². The molecule has 0 aliphatic rings. The van der Waals surface area contributed by atoms with Crippen molar-refractivity contribution in [1.82, 2.24) is 0 Å². The molecule has 0 fully saturated rings. The zero-order valence-electron chi connectivity index (χ0n) is 10.5. The van der Waals surface area contributed by atoms with Crippen LogP contribution in [0.4, 0.5) is 0 Å². The highest BCUT2D eigenvalue weighted by Crippen LogP contribution is 2.08. The fourth-order valence-corrected chi connectivity index (χ4v) is 1.21. The maximum Gasteiger partial charge on any atom is 0.333 e. The maximum absolute atomic E-state index is 11.3. The lowest BCUT2D eigenvalue weighted by Gasteiger charge is -2.04. The van der Waals surface area contributed by atoms with Gasteiger partial charge in [-0.05, 0) is 0 Å². The number of carbonyl (C=O) groups excluding carboxylic acids is 2. The van der Waals surface area contributed by atoms with Gasteiger partial charge in [-0.15, -0.1) is 0 Å². The topological polar surface area (TPSA) is 93.1 Å². The van der Waals surface area contributed by atoms with Crippen LogP contribution < -0.4 is 0 Å². The van der Waals surface area contributed by atoms with E-state index in [0.29, 0.717) is 0 Å². The van der Waals surface area contributed by atoms with Gasteiger partial charge in [0.05, 0.1) is 14.2 Å². The summed E-state index contributed by atoms with van der Waals surface area (Å²) in [6.45, 7) is -0.412. The molecule has 0 aromatic rings. The average Bonchev–Trinajstić information content (AvgIpc) is 2.40. The second-order valence-corrected chi connectivity index (χ2v) is 3.31. The fraction of sp³-hybridized carbons (Fsp3) is 0.500. The van der Waals surface area contributed by atoms with Crippen LogP contribution in [0.25, 0.3) is 0 Å². The van der Waals surface area contributed by atoms with E-state index in [-0.39, 0.29) is 37.2 Å². The highest BCUT2D eigenvalue weighted by molar-refractivity contribution is 5.91. The lowest BCUT2D eigenvalue weighted by atomic mass is 10.1. The van der Waals surface area contributed by atoms with Crippen molar-refractivity contribution in [3.8, 4) is 0 Å². The molecule has 0 aliphatic carbocycles. The first-order valence-electron chi connectivity index (χ1n) is 5.38. The molecule has 18 heavy (non-hydrogen) atoms. The molecule has 0 aromatic carbocycles. The zero-order chi connectivity index (χ0) is 14.0. The lowest BCUT2D eigenvalue weighted by molar-refractivity contribution is -0.137. The molecule has 0 aromatic heterocycles. The molecule has 0 unspecified atom stereocenters. The number of esters is 2. The Hall–Kier alpha value is -1.66. The highest BCUT2D eigenvalue weighted by atomic mass is 16.5. The summed E-state index contributed by atoms with van der Waals surface area (Å²) in [6.07, 6.45) is 3.00. The number of rotatable bonds is 7. The van der Waals surface area contributed by atoms with E-state index in [2.05, 4.69) is 9.47 Å². The normalized spacial score (nSPS) is 12.2. The third-order valence-corrected chi connectivity index (χ3v) is 2.14. The van der Waals surface area contributed by atoms with Crippen LogP contribution in [0.2, 0.25) is 0 Å². The summed E-state index contributed by atoms with van der Waals surface area (Å²) in [4.78, 5) is 22.6. The van der Waals surface area contributed by atoms with Gasteiger partial charge in [0.15, 0.2) is 0 Å². The lowest BCUT2D eigenvalue weighted by Crippen LogP contribution is -2.08. The molecule has 0 spiro atoms. The number of aliphatic hydroxyl groups is 2. The summed E-state index contributed by atoms with van der Waals surface area (Å²) in [7, 11) is 2.46. The molecule has 0 rings (SSSR count). The molecule has 102 valence electrons. The molecule has 0 saturated carbocycles. The number of methoxy groups -OCH3 is 2. The van der Waals surface area contributed by atoms with Gasteiger partial charge in [0.1, 0.15) is 0 Å². The van der Waals surface area contributed by atoms with Gasteiger partial charge in [0.25, 0.3) is 0 Å². The van der Waals surface area contributed by atoms with E-state index in [1.54, 1.807) is 0 Å². The Morgan fingerprint density at radius 2 is 1.22 bits per heavy atom. The predicted molar refractivity (Wildman–Crippen MR) is 63.6 cm³/mol. The minimum atomic E-state index is -0.575. The minimum Gasteiger partial charge on any atom is -0.466 e. The number of hydrogen-bond acceptors (Lipinski definition) is 6. The van der Waals surface area contributed by atoms with E-state index in [1.807, 2.05) is 0 Å². The number of allylic oxidation sites excluding steroid dienone is 2. The van der Waals surface area contributed by atoms with Crippen LogP contribution in [0.5, 0.6) is 0 Å². The highest BCUT2D eigenvalue weighted by Gasteiger charge is 2.10. The number of hydrogen-bond donors (Lipinski definition) is 2. The third-order valence-electron chi connectivity index (χ3n) is 2.14. The van der Waals surface area contributed by atoms with E-state index in [9.17, 15) is 9.59 Å². The Bertz CT molecular complexity index is 308. The molecule has 6 heteroatoms. The first-order chi connectivity index (χ1) is 8.60. The molecule has 0 amide bonds. The summed E-state index contributed by atoms with van der Waals surface area (Å²) in [5, 5.41) is 17.6. The van der Waals surface area contributed by atoms with Crippen LogP contribution in [0, 0.1) is 0 Å².